The lowest BCUT2D eigenvalue weighted by Gasteiger charge is -2.33. The molecule has 136 valence electrons. The highest BCUT2D eigenvalue weighted by Gasteiger charge is 2.26. The number of furan rings is 1. The lowest BCUT2D eigenvalue weighted by Crippen LogP contribution is -2.51. The van der Waals surface area contributed by atoms with Crippen LogP contribution in [0.25, 0.3) is 0 Å². The number of rotatable bonds is 7. The maximum atomic E-state index is 5.67. The topological polar surface area (TPSA) is 56.0 Å². The summed E-state index contributed by atoms with van der Waals surface area (Å²) in [6.45, 7) is 8.30. The van der Waals surface area contributed by atoms with E-state index < -0.39 is 0 Å². The van der Waals surface area contributed by atoms with Crippen LogP contribution in [0.5, 0.6) is 0 Å². The molecule has 1 aromatic rings. The molecule has 1 unspecified atom stereocenters. The van der Waals surface area contributed by atoms with Crippen molar-refractivity contribution in [2.75, 3.05) is 47.3 Å². The van der Waals surface area contributed by atoms with E-state index in [4.69, 9.17) is 4.42 Å². The summed E-state index contributed by atoms with van der Waals surface area (Å²) in [7, 11) is 6.01. The summed E-state index contributed by atoms with van der Waals surface area (Å²) in [6, 6.07) is 4.28. The lowest BCUT2D eigenvalue weighted by molar-refractivity contribution is 0.196. The van der Waals surface area contributed by atoms with Gasteiger partial charge in [-0.15, -0.1) is 0 Å². The molecule has 0 spiro atoms. The second kappa shape index (κ2) is 8.53. The van der Waals surface area contributed by atoms with Gasteiger partial charge >= 0.3 is 0 Å². The molecule has 6 heteroatoms. The Bertz CT molecular complexity index is 503. The Morgan fingerprint density at radius 1 is 1.33 bits per heavy atom. The van der Waals surface area contributed by atoms with Crippen LogP contribution in [-0.4, -0.2) is 68.6 Å². The summed E-state index contributed by atoms with van der Waals surface area (Å²) in [6.07, 6.45) is 4.29. The van der Waals surface area contributed by atoms with Gasteiger partial charge in [-0.3, -0.25) is 9.89 Å². The largest absolute Gasteiger partial charge is 0.468 e. The average molecular weight is 335 g/mol. The molecule has 0 aliphatic carbocycles. The van der Waals surface area contributed by atoms with Gasteiger partial charge in [0.05, 0.1) is 12.3 Å². The smallest absolute Gasteiger partial charge is 0.191 e. The highest BCUT2D eigenvalue weighted by molar-refractivity contribution is 5.79. The molecule has 0 radical (unpaired) electrons. The van der Waals surface area contributed by atoms with Crippen molar-refractivity contribution < 1.29 is 4.42 Å². The molecule has 6 nitrogen and oxygen atoms in total. The molecule has 2 N–H and O–H groups in total. The monoisotopic (exact) mass is 335 g/mol. The van der Waals surface area contributed by atoms with Gasteiger partial charge in [-0.2, -0.15) is 0 Å². The zero-order valence-corrected chi connectivity index (χ0v) is 15.8. The molecule has 1 aliphatic rings. The van der Waals surface area contributed by atoms with Crippen LogP contribution in [0, 0.1) is 0 Å². The van der Waals surface area contributed by atoms with Gasteiger partial charge in [-0.1, -0.05) is 0 Å². The van der Waals surface area contributed by atoms with Crippen molar-refractivity contribution in [1.82, 2.24) is 20.4 Å². The van der Waals surface area contributed by atoms with Crippen molar-refractivity contribution in [2.24, 2.45) is 4.99 Å². The minimum Gasteiger partial charge on any atom is -0.468 e. The molecule has 2 heterocycles. The summed E-state index contributed by atoms with van der Waals surface area (Å²) >= 11 is 0. The highest BCUT2D eigenvalue weighted by Crippen LogP contribution is 2.24. The van der Waals surface area contributed by atoms with Crippen LogP contribution in [0.15, 0.2) is 27.8 Å². The van der Waals surface area contributed by atoms with E-state index in [1.54, 1.807) is 6.26 Å². The molecule has 0 amide bonds. The molecule has 0 aromatic carbocycles. The molecular formula is C18H33N5O. The first-order chi connectivity index (χ1) is 11.4. The fraction of sp³-hybridized carbons (Fsp3) is 0.722. The molecule has 2 rings (SSSR count). The number of nitrogens with zero attached hydrogens (tertiary/aromatic N) is 3. The summed E-state index contributed by atoms with van der Waals surface area (Å²) in [5, 5.41) is 6.90. The molecule has 0 bridgehead atoms. The second-order valence-electron chi connectivity index (χ2n) is 7.29. The summed E-state index contributed by atoms with van der Waals surface area (Å²) in [4.78, 5) is 9.06. The molecule has 24 heavy (non-hydrogen) atoms. The standard InChI is InChI=1S/C18H33N5O/c1-18(2,22(4)5)14-21-17(19-3)20-13-15(16-9-8-12-24-16)23-10-6-7-11-23/h8-9,12,15H,6-7,10-11,13-14H2,1-5H3,(H2,19,20,21). The number of guanidine groups is 1. The maximum absolute atomic E-state index is 5.67. The van der Waals surface area contributed by atoms with Crippen LogP contribution < -0.4 is 10.6 Å². The van der Waals surface area contributed by atoms with Gasteiger partial charge in [0.15, 0.2) is 5.96 Å². The van der Waals surface area contributed by atoms with Crippen LogP contribution in [0.2, 0.25) is 0 Å². The number of hydrogen-bond acceptors (Lipinski definition) is 4. The number of nitrogens with one attached hydrogen (secondary N) is 2. The van der Waals surface area contributed by atoms with E-state index in [2.05, 4.69) is 59.4 Å². The van der Waals surface area contributed by atoms with E-state index in [1.165, 1.54) is 12.8 Å². The Morgan fingerprint density at radius 2 is 2.04 bits per heavy atom. The molecule has 1 aromatic heterocycles. The molecule has 1 fully saturated rings. The van der Waals surface area contributed by atoms with E-state index in [0.29, 0.717) is 0 Å². The first-order valence-electron chi connectivity index (χ1n) is 8.83. The van der Waals surface area contributed by atoms with E-state index in [1.807, 2.05) is 13.1 Å². The number of likely N-dealkylation sites (N-methyl/N-ethyl adjacent to an activating group) is 1. The minimum absolute atomic E-state index is 0.0625. The van der Waals surface area contributed by atoms with Crippen molar-refractivity contribution >= 4 is 5.96 Å². The highest BCUT2D eigenvalue weighted by atomic mass is 16.3. The first-order valence-corrected chi connectivity index (χ1v) is 8.83. The fourth-order valence-electron chi connectivity index (χ4n) is 2.82. The summed E-state index contributed by atoms with van der Waals surface area (Å²) in [5.41, 5.74) is 0.0625. The number of hydrogen-bond donors (Lipinski definition) is 2. The Labute approximate surface area is 146 Å². The van der Waals surface area contributed by atoms with Gasteiger partial charge in [-0.25, -0.2) is 0 Å². The van der Waals surface area contributed by atoms with E-state index in [-0.39, 0.29) is 11.6 Å². The number of aliphatic imine (C=N–C) groups is 1. The average Bonchev–Trinajstić information content (AvgIpc) is 3.24. The van der Waals surface area contributed by atoms with Crippen LogP contribution in [0.4, 0.5) is 0 Å². The van der Waals surface area contributed by atoms with Gasteiger partial charge in [0, 0.05) is 25.7 Å². The first kappa shape index (κ1) is 18.8. The van der Waals surface area contributed by atoms with Crippen molar-refractivity contribution in [3.8, 4) is 0 Å². The zero-order valence-electron chi connectivity index (χ0n) is 15.8. The van der Waals surface area contributed by atoms with Crippen molar-refractivity contribution in [3.63, 3.8) is 0 Å². The quantitative estimate of drug-likeness (QED) is 0.589. The third-order valence-electron chi connectivity index (χ3n) is 5.04. The Hall–Kier alpha value is -1.53. The second-order valence-corrected chi connectivity index (χ2v) is 7.29. The lowest BCUT2D eigenvalue weighted by atomic mass is 10.0. The third-order valence-corrected chi connectivity index (χ3v) is 5.04. The van der Waals surface area contributed by atoms with E-state index in [9.17, 15) is 0 Å². The van der Waals surface area contributed by atoms with E-state index >= 15 is 0 Å². The molecule has 1 aliphatic heterocycles. The Morgan fingerprint density at radius 3 is 2.58 bits per heavy atom. The predicted molar refractivity (Wildman–Crippen MR) is 99.4 cm³/mol. The van der Waals surface area contributed by atoms with Gasteiger partial charge in [0.1, 0.15) is 5.76 Å². The van der Waals surface area contributed by atoms with Gasteiger partial charge in [0.25, 0.3) is 0 Å². The van der Waals surface area contributed by atoms with Crippen LogP contribution >= 0.6 is 0 Å². The molecular weight excluding hydrogens is 302 g/mol. The summed E-state index contributed by atoms with van der Waals surface area (Å²) in [5.74, 6) is 1.86. The van der Waals surface area contributed by atoms with Gasteiger partial charge < -0.3 is 20.0 Å². The summed E-state index contributed by atoms with van der Waals surface area (Å²) < 4.78 is 5.67. The number of likely N-dealkylation sites (tertiary alicyclic amines) is 1. The Kier molecular flexibility index (Phi) is 6.69. The molecule has 1 saturated heterocycles. The SMILES string of the molecule is CN=C(NCC(c1ccco1)N1CCCC1)NCC(C)(C)N(C)C. The van der Waals surface area contributed by atoms with Crippen molar-refractivity contribution in [1.29, 1.82) is 0 Å². The third kappa shape index (κ3) is 4.98. The van der Waals surface area contributed by atoms with Crippen molar-refractivity contribution in [3.05, 3.63) is 24.2 Å². The normalized spacial score (nSPS) is 18.2. The van der Waals surface area contributed by atoms with Crippen LogP contribution in [0.1, 0.15) is 38.5 Å². The predicted octanol–water partition coefficient (Wildman–Crippen LogP) is 1.92. The van der Waals surface area contributed by atoms with Crippen molar-refractivity contribution in [2.45, 2.75) is 38.3 Å². The zero-order chi connectivity index (χ0) is 17.6. The Balaban J connectivity index is 1.92. The van der Waals surface area contributed by atoms with Crippen LogP contribution in [-0.2, 0) is 0 Å². The maximum Gasteiger partial charge on any atom is 0.191 e. The van der Waals surface area contributed by atoms with Gasteiger partial charge in [-0.05, 0) is 66.0 Å². The van der Waals surface area contributed by atoms with Gasteiger partial charge in [0.2, 0.25) is 0 Å². The molecule has 1 atom stereocenters. The van der Waals surface area contributed by atoms with Crippen LogP contribution in [0.3, 0.4) is 0 Å². The van der Waals surface area contributed by atoms with E-state index in [0.717, 1.165) is 37.9 Å². The minimum atomic E-state index is 0.0625. The fourth-order valence-corrected chi connectivity index (χ4v) is 2.82. The molecule has 0 saturated carbocycles.